The fourth-order valence-electron chi connectivity index (χ4n) is 4.92. The monoisotopic (exact) mass is 497 g/mol. The number of imidazole rings is 1. The Hall–Kier alpha value is -2.50. The first-order chi connectivity index (χ1) is 15.6. The van der Waals surface area contributed by atoms with Crippen molar-refractivity contribution in [3.05, 3.63) is 41.1 Å². The van der Waals surface area contributed by atoms with Crippen LogP contribution in [-0.4, -0.2) is 52.5 Å². The predicted molar refractivity (Wildman–Crippen MR) is 120 cm³/mol. The zero-order valence-electron chi connectivity index (χ0n) is 18.2. The minimum atomic E-state index is -3.93. The zero-order chi connectivity index (χ0) is 23.9. The average molecular weight is 498 g/mol. The molecule has 2 aliphatic heterocycles. The molecule has 0 spiro atoms. The molecule has 0 saturated carbocycles. The molecule has 3 atom stereocenters. The van der Waals surface area contributed by atoms with Crippen molar-refractivity contribution in [2.45, 2.75) is 44.7 Å². The number of aryl methyl sites for hydroxylation is 1. The van der Waals surface area contributed by atoms with E-state index in [1.54, 1.807) is 29.0 Å². The summed E-state index contributed by atoms with van der Waals surface area (Å²) in [7, 11) is -2.17. The number of amides is 2. The number of rotatable bonds is 6. The molecule has 2 saturated heterocycles. The summed E-state index contributed by atoms with van der Waals surface area (Å²) in [5, 5.41) is -0.284. The third-order valence-corrected chi connectivity index (χ3v) is 7.91. The summed E-state index contributed by atoms with van der Waals surface area (Å²) >= 11 is 5.95. The van der Waals surface area contributed by atoms with Crippen LogP contribution in [0.3, 0.4) is 0 Å². The van der Waals surface area contributed by atoms with Crippen molar-refractivity contribution in [3.8, 4) is 11.3 Å². The van der Waals surface area contributed by atoms with Crippen LogP contribution in [0.2, 0.25) is 5.02 Å². The number of hydrazine groups is 1. The Morgan fingerprint density at radius 1 is 1.24 bits per heavy atom. The molecule has 12 heteroatoms. The van der Waals surface area contributed by atoms with Gasteiger partial charge in [0.05, 0.1) is 28.4 Å². The highest BCUT2D eigenvalue weighted by molar-refractivity contribution is 7.89. The molecule has 3 heterocycles. The molecule has 2 amide bonds. The molecule has 178 valence electrons. The van der Waals surface area contributed by atoms with Crippen molar-refractivity contribution in [3.63, 3.8) is 0 Å². The van der Waals surface area contributed by atoms with Gasteiger partial charge in [0, 0.05) is 37.8 Å². The van der Waals surface area contributed by atoms with Gasteiger partial charge in [0.2, 0.25) is 15.9 Å². The topological polar surface area (TPSA) is 113 Å². The van der Waals surface area contributed by atoms with Crippen LogP contribution in [-0.2, 0) is 21.9 Å². The molecule has 2 bridgehead atoms. The molecule has 0 radical (unpaired) electrons. The lowest BCUT2D eigenvalue weighted by molar-refractivity contribution is -0.134. The highest BCUT2D eigenvalue weighted by atomic mass is 35.5. The van der Waals surface area contributed by atoms with Gasteiger partial charge < -0.3 is 9.47 Å². The Morgan fingerprint density at radius 3 is 2.64 bits per heavy atom. The van der Waals surface area contributed by atoms with Crippen LogP contribution in [0.25, 0.3) is 11.3 Å². The van der Waals surface area contributed by atoms with Gasteiger partial charge in [-0.05, 0) is 43.7 Å². The number of hydrogen-bond donors (Lipinski definition) is 2. The molecule has 2 N–H and O–H groups in total. The van der Waals surface area contributed by atoms with E-state index in [4.69, 9.17) is 11.6 Å². The molecule has 2 fully saturated rings. The normalized spacial score (nSPS) is 22.4. The predicted octanol–water partition coefficient (Wildman–Crippen LogP) is 2.23. The number of aromatic nitrogens is 2. The maximum Gasteiger partial charge on any atom is 0.269 e. The number of benzene rings is 1. The van der Waals surface area contributed by atoms with Gasteiger partial charge in [0.25, 0.3) is 5.91 Å². The maximum absolute atomic E-state index is 14.5. The van der Waals surface area contributed by atoms with Crippen LogP contribution in [0.1, 0.15) is 43.0 Å². The third-order valence-electron chi connectivity index (χ3n) is 6.35. The molecule has 1 aromatic heterocycles. The average Bonchev–Trinajstić information content (AvgIpc) is 3.33. The summed E-state index contributed by atoms with van der Waals surface area (Å²) < 4.78 is 41.6. The Labute approximate surface area is 196 Å². The Kier molecular flexibility index (Phi) is 6.47. The Bertz CT molecular complexity index is 1200. The second kappa shape index (κ2) is 9.03. The number of carbonyl (C=O) groups excluding carboxylic acids is 2. The lowest BCUT2D eigenvalue weighted by Crippen LogP contribution is -2.51. The van der Waals surface area contributed by atoms with Crippen LogP contribution in [0.4, 0.5) is 4.39 Å². The first-order valence-corrected chi connectivity index (χ1v) is 12.6. The number of halogens is 2. The van der Waals surface area contributed by atoms with Gasteiger partial charge in [-0.1, -0.05) is 11.6 Å². The lowest BCUT2D eigenvalue weighted by atomic mass is 9.92. The summed E-state index contributed by atoms with van der Waals surface area (Å²) in [6, 6.07) is 2.66. The van der Waals surface area contributed by atoms with Crippen molar-refractivity contribution >= 4 is 33.4 Å². The van der Waals surface area contributed by atoms with E-state index in [0.717, 1.165) is 19.3 Å². The SMILES string of the molecule is CC(=O)N1[C@H]2CC[C@@H](CS(=O)(=O)NNC(=O)c3cc(-c4cn(C)cn4)cc(Cl)c3F)[C@@H]1CC2. The van der Waals surface area contributed by atoms with Crippen molar-refractivity contribution in [2.24, 2.45) is 13.0 Å². The summed E-state index contributed by atoms with van der Waals surface area (Å²) in [5.41, 5.74) is 2.56. The number of fused-ring (bicyclic) bond motifs is 2. The smallest absolute Gasteiger partial charge is 0.269 e. The van der Waals surface area contributed by atoms with E-state index in [0.29, 0.717) is 17.7 Å². The molecular weight excluding hydrogens is 473 g/mol. The molecule has 33 heavy (non-hydrogen) atoms. The zero-order valence-corrected chi connectivity index (χ0v) is 19.8. The number of piperidine rings is 1. The van der Waals surface area contributed by atoms with E-state index in [1.807, 2.05) is 0 Å². The molecule has 9 nitrogen and oxygen atoms in total. The van der Waals surface area contributed by atoms with E-state index in [9.17, 15) is 22.4 Å². The number of carbonyl (C=O) groups is 2. The fourth-order valence-corrected chi connectivity index (χ4v) is 6.42. The highest BCUT2D eigenvalue weighted by Crippen LogP contribution is 2.39. The number of nitrogens with zero attached hydrogens (tertiary/aromatic N) is 3. The first kappa shape index (κ1) is 23.7. The van der Waals surface area contributed by atoms with E-state index in [2.05, 4.69) is 15.2 Å². The van der Waals surface area contributed by atoms with Crippen molar-refractivity contribution in [1.82, 2.24) is 24.7 Å². The van der Waals surface area contributed by atoms with Crippen molar-refractivity contribution < 1.29 is 22.4 Å². The van der Waals surface area contributed by atoms with Crippen LogP contribution in [0, 0.1) is 11.7 Å². The van der Waals surface area contributed by atoms with Crippen molar-refractivity contribution in [1.29, 1.82) is 0 Å². The summed E-state index contributed by atoms with van der Waals surface area (Å²) in [4.78, 5) is 32.6. The molecule has 2 aromatic rings. The highest BCUT2D eigenvalue weighted by Gasteiger charge is 2.44. The van der Waals surface area contributed by atoms with E-state index >= 15 is 0 Å². The van der Waals surface area contributed by atoms with Crippen LogP contribution >= 0.6 is 11.6 Å². The molecule has 4 rings (SSSR count). The van der Waals surface area contributed by atoms with Gasteiger partial charge in [-0.3, -0.25) is 15.0 Å². The van der Waals surface area contributed by atoms with Gasteiger partial charge in [0.1, 0.15) is 0 Å². The fraction of sp³-hybridized carbons (Fsp3) is 0.476. The van der Waals surface area contributed by atoms with Crippen molar-refractivity contribution in [2.75, 3.05) is 5.75 Å². The van der Waals surface area contributed by atoms with Gasteiger partial charge in [-0.2, -0.15) is 0 Å². The lowest BCUT2D eigenvalue weighted by Gasteiger charge is -2.39. The summed E-state index contributed by atoms with van der Waals surface area (Å²) in [6.07, 6.45) is 6.30. The number of hydrogen-bond acceptors (Lipinski definition) is 5. The first-order valence-electron chi connectivity index (χ1n) is 10.6. The molecule has 0 aliphatic carbocycles. The van der Waals surface area contributed by atoms with Gasteiger partial charge >= 0.3 is 0 Å². The minimum absolute atomic E-state index is 0.0500. The summed E-state index contributed by atoms with van der Waals surface area (Å²) in [6.45, 7) is 1.50. The second-order valence-corrected chi connectivity index (χ2v) is 10.8. The quantitative estimate of drug-likeness (QED) is 0.594. The standard InChI is InChI=1S/C21H25ClFN5O4S/c1-12(29)28-15-4-3-13(19(28)6-5-15)10-33(31,32)26-25-21(30)16-7-14(8-17(22)20(16)23)18-9-27(2)11-24-18/h7-9,11,13,15,19,26H,3-6,10H2,1-2H3,(H,25,30)/t13-,15-,19-/m0/s1. The molecule has 2 aliphatic rings. The van der Waals surface area contributed by atoms with Gasteiger partial charge in [-0.15, -0.1) is 4.83 Å². The number of sulfonamides is 1. The van der Waals surface area contributed by atoms with E-state index in [1.165, 1.54) is 19.1 Å². The molecule has 0 unspecified atom stereocenters. The Morgan fingerprint density at radius 2 is 1.97 bits per heavy atom. The minimum Gasteiger partial charge on any atom is -0.340 e. The van der Waals surface area contributed by atoms with E-state index < -0.39 is 27.3 Å². The Balaban J connectivity index is 1.45. The maximum atomic E-state index is 14.5. The number of nitrogens with one attached hydrogen (secondary N) is 2. The van der Waals surface area contributed by atoms with Gasteiger partial charge in [-0.25, -0.2) is 17.8 Å². The largest absolute Gasteiger partial charge is 0.340 e. The molecular formula is C21H25ClFN5O4S. The summed E-state index contributed by atoms with van der Waals surface area (Å²) in [5.74, 6) is -2.47. The van der Waals surface area contributed by atoms with Crippen LogP contribution < -0.4 is 10.3 Å². The second-order valence-electron chi connectivity index (χ2n) is 8.64. The van der Waals surface area contributed by atoms with Crippen LogP contribution in [0.15, 0.2) is 24.7 Å². The van der Waals surface area contributed by atoms with Gasteiger partial charge in [0.15, 0.2) is 5.82 Å². The molecule has 1 aromatic carbocycles. The van der Waals surface area contributed by atoms with Crippen LogP contribution in [0.5, 0.6) is 0 Å². The van der Waals surface area contributed by atoms with E-state index in [-0.39, 0.29) is 34.7 Å². The third kappa shape index (κ3) is 4.90.